The second kappa shape index (κ2) is 7.74. The van der Waals surface area contributed by atoms with E-state index in [1.165, 1.54) is 12.1 Å². The minimum Gasteiger partial charge on any atom is -0.494 e. The molecule has 0 aromatic heterocycles. The molecule has 0 bridgehead atoms. The molecule has 0 radical (unpaired) electrons. The van der Waals surface area contributed by atoms with Crippen LogP contribution in [0.25, 0.3) is 0 Å². The van der Waals surface area contributed by atoms with Crippen molar-refractivity contribution in [3.05, 3.63) is 53.3 Å². The molecule has 1 atom stereocenters. The molecule has 1 saturated heterocycles. The molecule has 1 fully saturated rings. The summed E-state index contributed by atoms with van der Waals surface area (Å²) >= 11 is 5.70. The molecule has 7 heteroatoms. The lowest BCUT2D eigenvalue weighted by Crippen LogP contribution is -2.28. The van der Waals surface area contributed by atoms with Crippen LogP contribution in [-0.4, -0.2) is 25.0 Å². The first kappa shape index (κ1) is 18.2. The van der Waals surface area contributed by atoms with Gasteiger partial charge in [0.05, 0.1) is 18.2 Å². The number of amides is 2. The van der Waals surface area contributed by atoms with Crippen LogP contribution in [0, 0.1) is 11.7 Å². The van der Waals surface area contributed by atoms with Crippen LogP contribution in [0.5, 0.6) is 5.75 Å². The highest BCUT2D eigenvalue weighted by atomic mass is 35.5. The summed E-state index contributed by atoms with van der Waals surface area (Å²) in [7, 11) is 0. The Balaban J connectivity index is 1.67. The largest absolute Gasteiger partial charge is 0.494 e. The molecular formula is C19H18ClFN2O3. The fraction of sp³-hybridized carbons (Fsp3) is 0.263. The zero-order valence-corrected chi connectivity index (χ0v) is 14.9. The minimum atomic E-state index is -0.612. The Morgan fingerprint density at radius 1 is 1.31 bits per heavy atom. The fourth-order valence-corrected chi connectivity index (χ4v) is 3.01. The Kier molecular flexibility index (Phi) is 5.42. The van der Waals surface area contributed by atoms with Gasteiger partial charge in [-0.25, -0.2) is 4.39 Å². The van der Waals surface area contributed by atoms with Crippen molar-refractivity contribution >= 4 is 34.8 Å². The average Bonchev–Trinajstić information content (AvgIpc) is 3.00. The number of hydrogen-bond acceptors (Lipinski definition) is 3. The van der Waals surface area contributed by atoms with E-state index in [1.54, 1.807) is 29.2 Å². The van der Waals surface area contributed by atoms with E-state index in [1.807, 2.05) is 6.92 Å². The van der Waals surface area contributed by atoms with Gasteiger partial charge < -0.3 is 15.0 Å². The molecule has 0 spiro atoms. The van der Waals surface area contributed by atoms with Crippen molar-refractivity contribution in [2.75, 3.05) is 23.4 Å². The van der Waals surface area contributed by atoms with Crippen molar-refractivity contribution in [2.45, 2.75) is 13.3 Å². The lowest BCUT2D eigenvalue weighted by Gasteiger charge is -2.17. The number of rotatable bonds is 5. The molecule has 5 nitrogen and oxygen atoms in total. The number of ether oxygens (including phenoxy) is 1. The highest BCUT2D eigenvalue weighted by molar-refractivity contribution is 6.30. The standard InChI is InChI=1S/C19H18ClFN2O3/c1-2-26-15-6-4-14(5-7-15)23-11-12(9-18(23)24)19(25)22-17-8-3-13(20)10-16(17)21/h3-8,10,12H,2,9,11H2,1H3,(H,22,25)/t12-/m1/s1. The Morgan fingerprint density at radius 2 is 2.04 bits per heavy atom. The van der Waals surface area contributed by atoms with Crippen LogP contribution in [0.4, 0.5) is 15.8 Å². The third-order valence-electron chi connectivity index (χ3n) is 4.14. The van der Waals surface area contributed by atoms with Gasteiger partial charge in [0.2, 0.25) is 11.8 Å². The highest BCUT2D eigenvalue weighted by Gasteiger charge is 2.35. The molecule has 0 aliphatic carbocycles. The Hall–Kier alpha value is -2.60. The van der Waals surface area contributed by atoms with Gasteiger partial charge in [-0.1, -0.05) is 11.6 Å². The van der Waals surface area contributed by atoms with Gasteiger partial charge in [0.1, 0.15) is 11.6 Å². The lowest BCUT2D eigenvalue weighted by atomic mass is 10.1. The number of carbonyl (C=O) groups excluding carboxylic acids is 2. The van der Waals surface area contributed by atoms with Crippen molar-refractivity contribution in [1.82, 2.24) is 0 Å². The van der Waals surface area contributed by atoms with E-state index >= 15 is 0 Å². The summed E-state index contributed by atoms with van der Waals surface area (Å²) in [6.07, 6.45) is 0.0776. The number of anilines is 2. The molecule has 2 amide bonds. The summed E-state index contributed by atoms with van der Waals surface area (Å²) in [6.45, 7) is 2.70. The molecular weight excluding hydrogens is 359 g/mol. The fourth-order valence-electron chi connectivity index (χ4n) is 2.85. The van der Waals surface area contributed by atoms with Gasteiger partial charge in [-0.2, -0.15) is 0 Å². The quantitative estimate of drug-likeness (QED) is 0.861. The Bertz CT molecular complexity index is 826. The molecule has 26 heavy (non-hydrogen) atoms. The number of benzene rings is 2. The Labute approximate surface area is 155 Å². The summed E-state index contributed by atoms with van der Waals surface area (Å²) in [6, 6.07) is 11.1. The van der Waals surface area contributed by atoms with Crippen molar-refractivity contribution in [3.63, 3.8) is 0 Å². The van der Waals surface area contributed by atoms with Crippen LogP contribution in [-0.2, 0) is 9.59 Å². The maximum absolute atomic E-state index is 13.8. The normalized spacial score (nSPS) is 16.7. The zero-order chi connectivity index (χ0) is 18.7. The topological polar surface area (TPSA) is 58.6 Å². The first-order valence-corrected chi connectivity index (χ1v) is 8.65. The predicted octanol–water partition coefficient (Wildman–Crippen LogP) is 3.87. The number of nitrogens with zero attached hydrogens (tertiary/aromatic N) is 1. The number of carbonyl (C=O) groups is 2. The zero-order valence-electron chi connectivity index (χ0n) is 14.2. The van der Waals surface area contributed by atoms with Gasteiger partial charge in [-0.05, 0) is 49.4 Å². The maximum Gasteiger partial charge on any atom is 0.229 e. The first-order chi connectivity index (χ1) is 12.5. The van der Waals surface area contributed by atoms with Crippen LogP contribution >= 0.6 is 11.6 Å². The van der Waals surface area contributed by atoms with E-state index in [4.69, 9.17) is 16.3 Å². The summed E-state index contributed by atoms with van der Waals surface area (Å²) in [4.78, 5) is 26.2. The SMILES string of the molecule is CCOc1ccc(N2C[C@H](C(=O)Nc3ccc(Cl)cc3F)CC2=O)cc1. The van der Waals surface area contributed by atoms with Crippen molar-refractivity contribution < 1.29 is 18.7 Å². The van der Waals surface area contributed by atoms with Gasteiger partial charge in [0, 0.05) is 23.7 Å². The van der Waals surface area contributed by atoms with Gasteiger partial charge in [0.15, 0.2) is 0 Å². The molecule has 0 unspecified atom stereocenters. The molecule has 1 aliphatic heterocycles. The summed E-state index contributed by atoms with van der Waals surface area (Å²) in [5.41, 5.74) is 0.748. The van der Waals surface area contributed by atoms with Crippen LogP contribution in [0.1, 0.15) is 13.3 Å². The molecule has 1 N–H and O–H groups in total. The number of hydrogen-bond donors (Lipinski definition) is 1. The smallest absolute Gasteiger partial charge is 0.229 e. The minimum absolute atomic E-state index is 0.0476. The van der Waals surface area contributed by atoms with Crippen LogP contribution in [0.2, 0.25) is 5.02 Å². The summed E-state index contributed by atoms with van der Waals surface area (Å²) < 4.78 is 19.2. The predicted molar refractivity (Wildman–Crippen MR) is 98.1 cm³/mol. The van der Waals surface area contributed by atoms with Crippen molar-refractivity contribution in [1.29, 1.82) is 0 Å². The second-order valence-corrected chi connectivity index (χ2v) is 6.38. The molecule has 2 aromatic carbocycles. The van der Waals surface area contributed by atoms with Gasteiger partial charge in [-0.15, -0.1) is 0 Å². The third kappa shape index (κ3) is 3.96. The first-order valence-electron chi connectivity index (χ1n) is 8.27. The van der Waals surface area contributed by atoms with E-state index in [0.29, 0.717) is 12.3 Å². The van der Waals surface area contributed by atoms with Gasteiger partial charge >= 0.3 is 0 Å². The monoisotopic (exact) mass is 376 g/mol. The summed E-state index contributed by atoms with van der Waals surface area (Å²) in [5.74, 6) is -0.989. The van der Waals surface area contributed by atoms with Crippen LogP contribution in [0.3, 0.4) is 0 Å². The van der Waals surface area contributed by atoms with Crippen molar-refractivity contribution in [3.8, 4) is 5.75 Å². The van der Waals surface area contributed by atoms with Crippen molar-refractivity contribution in [2.24, 2.45) is 5.92 Å². The third-order valence-corrected chi connectivity index (χ3v) is 4.38. The van der Waals surface area contributed by atoms with E-state index in [2.05, 4.69) is 5.32 Å². The van der Waals surface area contributed by atoms with E-state index in [9.17, 15) is 14.0 Å². The second-order valence-electron chi connectivity index (χ2n) is 5.95. The van der Waals surface area contributed by atoms with Crippen LogP contribution in [0.15, 0.2) is 42.5 Å². The molecule has 1 heterocycles. The molecule has 1 aliphatic rings. The maximum atomic E-state index is 13.8. The van der Waals surface area contributed by atoms with E-state index < -0.39 is 17.6 Å². The van der Waals surface area contributed by atoms with Crippen LogP contribution < -0.4 is 15.0 Å². The number of nitrogens with one attached hydrogen (secondary N) is 1. The molecule has 136 valence electrons. The summed E-state index contributed by atoms with van der Waals surface area (Å²) in [5, 5.41) is 2.77. The molecule has 0 saturated carbocycles. The van der Waals surface area contributed by atoms with E-state index in [0.717, 1.165) is 11.8 Å². The lowest BCUT2D eigenvalue weighted by molar-refractivity contribution is -0.122. The van der Waals surface area contributed by atoms with Gasteiger partial charge in [0.25, 0.3) is 0 Å². The Morgan fingerprint density at radius 3 is 2.69 bits per heavy atom. The highest BCUT2D eigenvalue weighted by Crippen LogP contribution is 2.28. The average molecular weight is 377 g/mol. The van der Waals surface area contributed by atoms with E-state index in [-0.39, 0.29) is 29.6 Å². The van der Waals surface area contributed by atoms with Gasteiger partial charge in [-0.3, -0.25) is 9.59 Å². The number of halogens is 2. The molecule has 3 rings (SSSR count). The molecule has 2 aromatic rings.